The number of imidazole rings is 1. The summed E-state index contributed by atoms with van der Waals surface area (Å²) in [6.07, 6.45) is 0. The first-order valence-electron chi connectivity index (χ1n) is 8.42. The van der Waals surface area contributed by atoms with E-state index in [1.165, 1.54) is 22.5 Å². The number of H-pyrrole nitrogens is 1. The lowest BCUT2D eigenvalue weighted by Crippen LogP contribution is -2.30. The van der Waals surface area contributed by atoms with Gasteiger partial charge in [0.2, 0.25) is 16.0 Å². The summed E-state index contributed by atoms with van der Waals surface area (Å²) in [4.78, 5) is 19.9. The first-order chi connectivity index (χ1) is 12.9. The fourth-order valence-electron chi connectivity index (χ4n) is 2.74. The van der Waals surface area contributed by atoms with E-state index >= 15 is 0 Å². The highest BCUT2D eigenvalue weighted by Gasteiger charge is 2.24. The number of carbonyl (C=O) groups excluding carboxylic acids is 1. The molecule has 0 aliphatic rings. The molecule has 3 rings (SSSR count). The van der Waals surface area contributed by atoms with Crippen molar-refractivity contribution in [3.05, 3.63) is 53.1 Å². The molecule has 0 spiro atoms. The molecule has 0 radical (unpaired) electrons. The van der Waals surface area contributed by atoms with Crippen LogP contribution >= 0.6 is 11.6 Å². The summed E-state index contributed by atoms with van der Waals surface area (Å²) in [5.74, 6) is -0.287. The third-order valence-corrected chi connectivity index (χ3v) is 6.52. The van der Waals surface area contributed by atoms with E-state index in [-0.39, 0.29) is 21.4 Å². The molecule has 0 bridgehead atoms. The Morgan fingerprint density at radius 3 is 2.56 bits per heavy atom. The van der Waals surface area contributed by atoms with E-state index in [2.05, 4.69) is 15.3 Å². The van der Waals surface area contributed by atoms with Crippen LogP contribution in [0.5, 0.6) is 0 Å². The van der Waals surface area contributed by atoms with Gasteiger partial charge in [-0.3, -0.25) is 10.1 Å². The normalized spacial score (nSPS) is 11.9. The lowest BCUT2D eigenvalue weighted by Gasteiger charge is -2.19. The first kappa shape index (κ1) is 19.3. The molecule has 1 amide bonds. The number of fused-ring (bicyclic) bond motifs is 1. The molecule has 0 aliphatic carbocycles. The molecule has 1 aromatic heterocycles. The van der Waals surface area contributed by atoms with Crippen molar-refractivity contribution in [2.24, 2.45) is 0 Å². The van der Waals surface area contributed by atoms with Gasteiger partial charge in [0, 0.05) is 13.1 Å². The maximum Gasteiger partial charge on any atom is 0.259 e. The average molecular weight is 407 g/mol. The maximum atomic E-state index is 12.7. The summed E-state index contributed by atoms with van der Waals surface area (Å²) in [5, 5.41) is 2.78. The molecule has 0 atom stereocenters. The van der Waals surface area contributed by atoms with Crippen LogP contribution in [-0.4, -0.2) is 41.7 Å². The monoisotopic (exact) mass is 406 g/mol. The minimum Gasteiger partial charge on any atom is -0.324 e. The van der Waals surface area contributed by atoms with Gasteiger partial charge in [-0.2, -0.15) is 4.31 Å². The minimum atomic E-state index is -3.70. The van der Waals surface area contributed by atoms with E-state index in [0.717, 1.165) is 5.52 Å². The number of sulfonamides is 1. The molecule has 142 valence electrons. The number of benzene rings is 2. The quantitative estimate of drug-likeness (QED) is 0.654. The zero-order chi connectivity index (χ0) is 19.6. The minimum absolute atomic E-state index is 0.0188. The molecule has 0 unspecified atom stereocenters. The van der Waals surface area contributed by atoms with E-state index in [9.17, 15) is 13.2 Å². The second-order valence-electron chi connectivity index (χ2n) is 5.79. The zero-order valence-corrected chi connectivity index (χ0v) is 16.4. The number of aromatic amines is 1. The Balaban J connectivity index is 1.92. The lowest BCUT2D eigenvalue weighted by molar-refractivity contribution is 0.102. The van der Waals surface area contributed by atoms with Crippen LogP contribution in [0.15, 0.2) is 47.4 Å². The Labute approximate surface area is 162 Å². The average Bonchev–Trinajstić information content (AvgIpc) is 3.04. The van der Waals surface area contributed by atoms with Crippen molar-refractivity contribution in [3.63, 3.8) is 0 Å². The molecule has 0 fully saturated rings. The summed E-state index contributed by atoms with van der Waals surface area (Å²) < 4.78 is 26.7. The van der Waals surface area contributed by atoms with Crippen molar-refractivity contribution >= 4 is 44.5 Å². The van der Waals surface area contributed by atoms with Crippen LogP contribution in [0, 0.1) is 0 Å². The van der Waals surface area contributed by atoms with Crippen LogP contribution < -0.4 is 5.32 Å². The molecule has 0 saturated carbocycles. The third kappa shape index (κ3) is 3.83. The Kier molecular flexibility index (Phi) is 5.50. The number of aromatic nitrogens is 2. The van der Waals surface area contributed by atoms with Crippen molar-refractivity contribution in [2.45, 2.75) is 18.7 Å². The van der Waals surface area contributed by atoms with Gasteiger partial charge in [0.05, 0.1) is 26.5 Å². The molecule has 3 aromatic rings. The van der Waals surface area contributed by atoms with Gasteiger partial charge in [-0.25, -0.2) is 13.4 Å². The second kappa shape index (κ2) is 7.67. The van der Waals surface area contributed by atoms with Gasteiger partial charge in [-0.1, -0.05) is 37.6 Å². The van der Waals surface area contributed by atoms with E-state index in [0.29, 0.717) is 18.6 Å². The number of nitrogens with one attached hydrogen (secondary N) is 2. The summed E-state index contributed by atoms with van der Waals surface area (Å²) >= 11 is 6.13. The highest BCUT2D eigenvalue weighted by Crippen LogP contribution is 2.24. The number of halogens is 1. The van der Waals surface area contributed by atoms with Gasteiger partial charge in [0.1, 0.15) is 0 Å². The van der Waals surface area contributed by atoms with Crippen molar-refractivity contribution in [1.82, 2.24) is 14.3 Å². The maximum absolute atomic E-state index is 12.7. The fraction of sp³-hybridized carbons (Fsp3) is 0.222. The molecule has 0 aliphatic heterocycles. The van der Waals surface area contributed by atoms with Crippen LogP contribution in [-0.2, 0) is 10.0 Å². The highest BCUT2D eigenvalue weighted by molar-refractivity contribution is 7.89. The van der Waals surface area contributed by atoms with Crippen LogP contribution in [0.2, 0.25) is 5.02 Å². The number of amides is 1. The van der Waals surface area contributed by atoms with Crippen molar-refractivity contribution in [2.75, 3.05) is 18.4 Å². The SMILES string of the molecule is CCN(CC)S(=O)(=O)c1ccc(Cl)c(C(=O)Nc2nc3ccccc3[nH]2)c1. The van der Waals surface area contributed by atoms with Crippen molar-refractivity contribution < 1.29 is 13.2 Å². The molecular weight excluding hydrogens is 388 g/mol. The van der Waals surface area contributed by atoms with E-state index < -0.39 is 15.9 Å². The standard InChI is InChI=1S/C18H19ClN4O3S/c1-3-23(4-2)27(25,26)12-9-10-14(19)13(11-12)17(24)22-18-20-15-7-5-6-8-16(15)21-18/h5-11H,3-4H2,1-2H3,(H2,20,21,22,24). The van der Waals surface area contributed by atoms with Crippen molar-refractivity contribution in [1.29, 1.82) is 0 Å². The lowest BCUT2D eigenvalue weighted by atomic mass is 10.2. The van der Waals surface area contributed by atoms with Gasteiger partial charge in [-0.05, 0) is 30.3 Å². The first-order valence-corrected chi connectivity index (χ1v) is 10.2. The number of hydrogen-bond acceptors (Lipinski definition) is 4. The van der Waals surface area contributed by atoms with Gasteiger partial charge in [-0.15, -0.1) is 0 Å². The summed E-state index contributed by atoms with van der Waals surface area (Å²) in [7, 11) is -3.70. The predicted molar refractivity (Wildman–Crippen MR) is 106 cm³/mol. The van der Waals surface area contributed by atoms with E-state index in [4.69, 9.17) is 11.6 Å². The number of anilines is 1. The van der Waals surface area contributed by atoms with Gasteiger partial charge in [0.25, 0.3) is 5.91 Å². The van der Waals surface area contributed by atoms with Crippen LogP contribution in [0.25, 0.3) is 11.0 Å². The molecule has 27 heavy (non-hydrogen) atoms. The Bertz CT molecular complexity index is 1060. The number of hydrogen-bond donors (Lipinski definition) is 2. The number of rotatable bonds is 6. The predicted octanol–water partition coefficient (Wildman–Crippen LogP) is 3.50. The van der Waals surface area contributed by atoms with Crippen LogP contribution in [0.3, 0.4) is 0 Å². The molecule has 1 heterocycles. The number of para-hydroxylation sites is 2. The molecule has 7 nitrogen and oxygen atoms in total. The summed E-state index contributed by atoms with van der Waals surface area (Å²) in [6.45, 7) is 4.18. The van der Waals surface area contributed by atoms with Gasteiger partial charge >= 0.3 is 0 Å². The van der Waals surface area contributed by atoms with E-state index in [1.54, 1.807) is 13.8 Å². The topological polar surface area (TPSA) is 95.2 Å². The van der Waals surface area contributed by atoms with Crippen LogP contribution in [0.4, 0.5) is 5.95 Å². The fourth-order valence-corrected chi connectivity index (χ4v) is 4.43. The zero-order valence-electron chi connectivity index (χ0n) is 14.9. The van der Waals surface area contributed by atoms with Gasteiger partial charge in [0.15, 0.2) is 0 Å². The van der Waals surface area contributed by atoms with Crippen molar-refractivity contribution in [3.8, 4) is 0 Å². The number of carbonyl (C=O) groups is 1. The van der Waals surface area contributed by atoms with Crippen LogP contribution in [0.1, 0.15) is 24.2 Å². The molecule has 2 N–H and O–H groups in total. The van der Waals surface area contributed by atoms with E-state index in [1.807, 2.05) is 24.3 Å². The molecule has 0 saturated heterocycles. The third-order valence-electron chi connectivity index (χ3n) is 4.15. The summed E-state index contributed by atoms with van der Waals surface area (Å²) in [5.41, 5.74) is 1.54. The Hall–Kier alpha value is -2.42. The van der Waals surface area contributed by atoms with Gasteiger partial charge < -0.3 is 4.98 Å². The molecule has 2 aromatic carbocycles. The number of nitrogens with zero attached hydrogens (tertiary/aromatic N) is 2. The second-order valence-corrected chi connectivity index (χ2v) is 8.13. The Morgan fingerprint density at radius 1 is 1.19 bits per heavy atom. The summed E-state index contributed by atoms with van der Waals surface area (Å²) in [6, 6.07) is 11.4. The Morgan fingerprint density at radius 2 is 1.89 bits per heavy atom. The molecular formula is C18H19ClN4O3S. The molecule has 9 heteroatoms. The smallest absolute Gasteiger partial charge is 0.259 e. The largest absolute Gasteiger partial charge is 0.324 e. The highest BCUT2D eigenvalue weighted by atomic mass is 35.5.